The van der Waals surface area contributed by atoms with Crippen molar-refractivity contribution in [2.24, 2.45) is 0 Å². The first kappa shape index (κ1) is 19.4. The van der Waals surface area contributed by atoms with Gasteiger partial charge in [-0.1, -0.05) is 11.6 Å². The molecule has 0 aliphatic rings. The Labute approximate surface area is 175 Å². The van der Waals surface area contributed by atoms with E-state index in [1.54, 1.807) is 49.6 Å². The Morgan fingerprint density at radius 3 is 2.57 bits per heavy atom. The number of carbonyl (C=O) groups excluding carboxylic acids is 1. The van der Waals surface area contributed by atoms with Crippen molar-refractivity contribution >= 4 is 40.0 Å². The summed E-state index contributed by atoms with van der Waals surface area (Å²) >= 11 is 6.01. The van der Waals surface area contributed by atoms with Crippen molar-refractivity contribution < 1.29 is 18.9 Å². The Morgan fingerprint density at radius 1 is 1.13 bits per heavy atom. The number of ether oxygens (including phenoxy) is 1. The lowest BCUT2D eigenvalue weighted by Crippen LogP contribution is -2.12. The molecular weight excluding hydrogens is 410 g/mol. The van der Waals surface area contributed by atoms with Gasteiger partial charge in [0.15, 0.2) is 5.58 Å². The predicted octanol–water partition coefficient (Wildman–Crippen LogP) is 5.32. The van der Waals surface area contributed by atoms with E-state index in [2.05, 4.69) is 10.3 Å². The number of anilines is 1. The number of carbonyl (C=O) groups is 1. The zero-order valence-electron chi connectivity index (χ0n) is 15.6. The molecular formula is C21H14ClN3O5. The van der Waals surface area contributed by atoms with Gasteiger partial charge in [-0.3, -0.25) is 14.9 Å². The smallest absolute Gasteiger partial charge is 0.270 e. The highest BCUT2D eigenvalue weighted by Gasteiger charge is 2.15. The average Bonchev–Trinajstić information content (AvgIpc) is 3.17. The Morgan fingerprint density at radius 2 is 1.90 bits per heavy atom. The molecule has 0 fully saturated rings. The van der Waals surface area contributed by atoms with E-state index in [0.29, 0.717) is 28.4 Å². The monoisotopic (exact) mass is 423 g/mol. The van der Waals surface area contributed by atoms with Crippen molar-refractivity contribution in [2.45, 2.75) is 0 Å². The molecule has 9 heteroatoms. The van der Waals surface area contributed by atoms with E-state index in [9.17, 15) is 14.9 Å². The van der Waals surface area contributed by atoms with E-state index in [1.807, 2.05) is 0 Å². The molecule has 150 valence electrons. The zero-order valence-corrected chi connectivity index (χ0v) is 16.3. The minimum absolute atomic E-state index is 0.000207. The number of amides is 1. The maximum Gasteiger partial charge on any atom is 0.270 e. The van der Waals surface area contributed by atoms with Crippen LogP contribution in [0.25, 0.3) is 22.6 Å². The van der Waals surface area contributed by atoms with Gasteiger partial charge in [0.05, 0.1) is 22.6 Å². The standard InChI is InChI=1S/C21H14ClN3O5/c1-29-15-7-9-19-18(11-15)24-21(30-19)12-2-4-13(5-3-12)23-20(26)16-8-6-14(25(27)28)10-17(16)22/h2-11H,1H3,(H,23,26). The molecule has 0 aliphatic heterocycles. The fourth-order valence-electron chi connectivity index (χ4n) is 2.85. The first-order valence-electron chi connectivity index (χ1n) is 8.75. The van der Waals surface area contributed by atoms with Crippen molar-refractivity contribution in [3.63, 3.8) is 0 Å². The number of halogens is 1. The van der Waals surface area contributed by atoms with Crippen molar-refractivity contribution in [2.75, 3.05) is 12.4 Å². The molecule has 0 atom stereocenters. The van der Waals surface area contributed by atoms with E-state index in [-0.39, 0.29) is 16.3 Å². The summed E-state index contributed by atoms with van der Waals surface area (Å²) in [7, 11) is 1.58. The number of hydrogen-bond donors (Lipinski definition) is 1. The van der Waals surface area contributed by atoms with Crippen LogP contribution in [-0.4, -0.2) is 22.9 Å². The minimum Gasteiger partial charge on any atom is -0.497 e. The molecule has 1 amide bonds. The third-order valence-electron chi connectivity index (χ3n) is 4.39. The van der Waals surface area contributed by atoms with Gasteiger partial charge in [0, 0.05) is 29.4 Å². The zero-order chi connectivity index (χ0) is 21.3. The molecule has 1 heterocycles. The third kappa shape index (κ3) is 3.81. The third-order valence-corrected chi connectivity index (χ3v) is 4.71. The molecule has 0 saturated heterocycles. The van der Waals surface area contributed by atoms with Crippen molar-refractivity contribution in [1.82, 2.24) is 4.98 Å². The molecule has 1 N–H and O–H groups in total. The first-order chi connectivity index (χ1) is 14.4. The Balaban J connectivity index is 1.52. The van der Waals surface area contributed by atoms with Gasteiger partial charge in [0.2, 0.25) is 5.89 Å². The molecule has 4 aromatic rings. The Hall–Kier alpha value is -3.91. The summed E-state index contributed by atoms with van der Waals surface area (Å²) in [5.74, 6) is 0.650. The number of nitrogens with zero attached hydrogens (tertiary/aromatic N) is 2. The van der Waals surface area contributed by atoms with Gasteiger partial charge in [-0.25, -0.2) is 4.98 Å². The number of nitro benzene ring substituents is 1. The summed E-state index contributed by atoms with van der Waals surface area (Å²) in [6.07, 6.45) is 0. The summed E-state index contributed by atoms with van der Waals surface area (Å²) in [4.78, 5) is 27.1. The Kier molecular flexibility index (Phi) is 5.07. The molecule has 0 aliphatic carbocycles. The van der Waals surface area contributed by atoms with Crippen LogP contribution in [0.15, 0.2) is 65.1 Å². The van der Waals surface area contributed by atoms with Gasteiger partial charge in [0.25, 0.3) is 11.6 Å². The fourth-order valence-corrected chi connectivity index (χ4v) is 3.11. The molecule has 4 rings (SSSR count). The van der Waals surface area contributed by atoms with Crippen molar-refractivity contribution in [3.8, 4) is 17.2 Å². The lowest BCUT2D eigenvalue weighted by molar-refractivity contribution is -0.384. The van der Waals surface area contributed by atoms with Crippen LogP contribution in [0.1, 0.15) is 10.4 Å². The molecule has 3 aromatic carbocycles. The molecule has 0 bridgehead atoms. The molecule has 0 radical (unpaired) electrons. The Bertz CT molecular complexity index is 1270. The minimum atomic E-state index is -0.575. The molecule has 0 saturated carbocycles. The number of aromatic nitrogens is 1. The number of hydrogen-bond acceptors (Lipinski definition) is 6. The summed E-state index contributed by atoms with van der Waals surface area (Å²) in [6, 6.07) is 16.0. The molecule has 0 spiro atoms. The number of methoxy groups -OCH3 is 1. The van der Waals surface area contributed by atoms with Crippen LogP contribution >= 0.6 is 11.6 Å². The maximum atomic E-state index is 12.4. The van der Waals surface area contributed by atoms with Gasteiger partial charge < -0.3 is 14.5 Å². The number of rotatable bonds is 5. The average molecular weight is 424 g/mol. The van der Waals surface area contributed by atoms with Gasteiger partial charge in [-0.2, -0.15) is 0 Å². The van der Waals surface area contributed by atoms with E-state index in [1.165, 1.54) is 12.1 Å². The first-order valence-corrected chi connectivity index (χ1v) is 9.13. The topological polar surface area (TPSA) is 108 Å². The van der Waals surface area contributed by atoms with Crippen molar-refractivity contribution in [1.29, 1.82) is 0 Å². The molecule has 30 heavy (non-hydrogen) atoms. The fraction of sp³-hybridized carbons (Fsp3) is 0.0476. The normalized spacial score (nSPS) is 10.7. The molecule has 1 aromatic heterocycles. The van der Waals surface area contributed by atoms with Gasteiger partial charge in [0.1, 0.15) is 11.3 Å². The van der Waals surface area contributed by atoms with Crippen LogP contribution in [-0.2, 0) is 0 Å². The van der Waals surface area contributed by atoms with E-state index in [4.69, 9.17) is 20.8 Å². The van der Waals surface area contributed by atoms with Crippen LogP contribution in [0.4, 0.5) is 11.4 Å². The largest absolute Gasteiger partial charge is 0.497 e. The van der Waals surface area contributed by atoms with Crippen LogP contribution in [0.3, 0.4) is 0 Å². The van der Waals surface area contributed by atoms with E-state index < -0.39 is 10.8 Å². The lowest BCUT2D eigenvalue weighted by Gasteiger charge is -2.07. The number of nitrogens with one attached hydrogen (secondary N) is 1. The SMILES string of the molecule is COc1ccc2oc(-c3ccc(NC(=O)c4ccc([N+](=O)[O-])cc4Cl)cc3)nc2c1. The summed E-state index contributed by atoms with van der Waals surface area (Å²) in [6.45, 7) is 0. The second-order valence-electron chi connectivity index (χ2n) is 6.31. The maximum absolute atomic E-state index is 12.4. The van der Waals surface area contributed by atoms with Gasteiger partial charge >= 0.3 is 0 Å². The van der Waals surface area contributed by atoms with Gasteiger partial charge in [-0.05, 0) is 42.5 Å². The highest BCUT2D eigenvalue weighted by molar-refractivity contribution is 6.34. The number of nitro groups is 1. The summed E-state index contributed by atoms with van der Waals surface area (Å²) in [5, 5.41) is 13.5. The van der Waals surface area contributed by atoms with Crippen LogP contribution in [0, 0.1) is 10.1 Å². The quantitative estimate of drug-likeness (QED) is 0.344. The summed E-state index contributed by atoms with van der Waals surface area (Å²) < 4.78 is 11.0. The second-order valence-corrected chi connectivity index (χ2v) is 6.71. The molecule has 8 nitrogen and oxygen atoms in total. The number of non-ortho nitro benzene ring substituents is 1. The highest BCUT2D eigenvalue weighted by Crippen LogP contribution is 2.28. The van der Waals surface area contributed by atoms with E-state index >= 15 is 0 Å². The van der Waals surface area contributed by atoms with Crippen LogP contribution < -0.4 is 10.1 Å². The highest BCUT2D eigenvalue weighted by atomic mass is 35.5. The lowest BCUT2D eigenvalue weighted by atomic mass is 10.1. The number of oxazole rings is 1. The van der Waals surface area contributed by atoms with E-state index in [0.717, 1.165) is 11.6 Å². The summed E-state index contributed by atoms with van der Waals surface area (Å²) in [5.41, 5.74) is 2.52. The molecule has 0 unspecified atom stereocenters. The number of fused-ring (bicyclic) bond motifs is 1. The van der Waals surface area contributed by atoms with Crippen LogP contribution in [0.2, 0.25) is 5.02 Å². The predicted molar refractivity (Wildman–Crippen MR) is 112 cm³/mol. The second kappa shape index (κ2) is 7.84. The number of benzene rings is 3. The van der Waals surface area contributed by atoms with Gasteiger partial charge in [-0.15, -0.1) is 0 Å². The van der Waals surface area contributed by atoms with Crippen molar-refractivity contribution in [3.05, 3.63) is 81.4 Å². The van der Waals surface area contributed by atoms with Crippen LogP contribution in [0.5, 0.6) is 5.75 Å².